The van der Waals surface area contributed by atoms with E-state index in [2.05, 4.69) is 11.2 Å². The summed E-state index contributed by atoms with van der Waals surface area (Å²) in [5.41, 5.74) is 2.24. The number of esters is 1. The molecule has 1 aromatic heterocycles. The number of para-hydroxylation sites is 1. The van der Waals surface area contributed by atoms with Crippen molar-refractivity contribution in [1.29, 1.82) is 5.26 Å². The lowest BCUT2D eigenvalue weighted by molar-refractivity contribution is 0.0590. The summed E-state index contributed by atoms with van der Waals surface area (Å²) in [6.45, 7) is 0. The Morgan fingerprint density at radius 3 is 2.26 bits per heavy atom. The maximum atomic E-state index is 12.2. The van der Waals surface area contributed by atoms with Gasteiger partial charge in [-0.05, 0) is 12.1 Å². The molecule has 0 bridgehead atoms. The Hall–Kier alpha value is -3.39. The summed E-state index contributed by atoms with van der Waals surface area (Å²) in [6.07, 6.45) is 0. The van der Waals surface area contributed by atoms with Crippen molar-refractivity contribution in [3.63, 3.8) is 0 Å². The van der Waals surface area contributed by atoms with Gasteiger partial charge in [0, 0.05) is 5.56 Å². The largest absolute Gasteiger partial charge is 0.464 e. The van der Waals surface area contributed by atoms with Gasteiger partial charge in [-0.2, -0.15) is 10.4 Å². The fraction of sp³-hybridized carbons (Fsp3) is 0.0556. The van der Waals surface area contributed by atoms with E-state index in [1.54, 1.807) is 0 Å². The van der Waals surface area contributed by atoms with Crippen molar-refractivity contribution in [1.82, 2.24) is 9.78 Å². The number of benzene rings is 2. The topological polar surface area (TPSA) is 67.9 Å². The Labute approximate surface area is 133 Å². The SMILES string of the molecule is COC(=O)c1c(C#N)c(-c2ccccc2)nn1-c1ccccc1. The molecule has 1 heterocycles. The zero-order valence-corrected chi connectivity index (χ0v) is 12.4. The standard InChI is InChI=1S/C18H13N3O2/c1-23-18(22)17-15(12-19)16(13-8-4-2-5-9-13)20-21(17)14-10-6-3-7-11-14/h2-11H,1H3. The number of carbonyl (C=O) groups excluding carboxylic acids is 1. The molecule has 0 aliphatic rings. The molecule has 0 N–H and O–H groups in total. The second-order valence-corrected chi connectivity index (χ2v) is 4.79. The van der Waals surface area contributed by atoms with Gasteiger partial charge in [0.2, 0.25) is 0 Å². The van der Waals surface area contributed by atoms with Crippen molar-refractivity contribution in [2.24, 2.45) is 0 Å². The monoisotopic (exact) mass is 303 g/mol. The molecule has 2 aromatic carbocycles. The van der Waals surface area contributed by atoms with E-state index in [0.29, 0.717) is 11.4 Å². The van der Waals surface area contributed by atoms with Gasteiger partial charge in [-0.1, -0.05) is 48.5 Å². The van der Waals surface area contributed by atoms with E-state index >= 15 is 0 Å². The minimum atomic E-state index is -0.597. The average molecular weight is 303 g/mol. The average Bonchev–Trinajstić information content (AvgIpc) is 3.02. The van der Waals surface area contributed by atoms with Gasteiger partial charge < -0.3 is 4.74 Å². The van der Waals surface area contributed by atoms with Crippen molar-refractivity contribution in [3.8, 4) is 23.0 Å². The van der Waals surface area contributed by atoms with E-state index in [1.165, 1.54) is 11.8 Å². The highest BCUT2D eigenvalue weighted by atomic mass is 16.5. The summed E-state index contributed by atoms with van der Waals surface area (Å²) >= 11 is 0. The van der Waals surface area contributed by atoms with Crippen LogP contribution in [0.3, 0.4) is 0 Å². The third-order valence-corrected chi connectivity index (χ3v) is 3.42. The number of methoxy groups -OCH3 is 1. The molecule has 0 saturated carbocycles. The van der Waals surface area contributed by atoms with E-state index in [9.17, 15) is 10.1 Å². The Kier molecular flexibility index (Phi) is 3.89. The smallest absolute Gasteiger partial charge is 0.358 e. The van der Waals surface area contributed by atoms with Crippen LogP contribution in [0.1, 0.15) is 16.1 Å². The van der Waals surface area contributed by atoms with Gasteiger partial charge >= 0.3 is 5.97 Å². The molecule has 0 amide bonds. The highest BCUT2D eigenvalue weighted by Crippen LogP contribution is 2.27. The number of rotatable bonds is 3. The summed E-state index contributed by atoms with van der Waals surface area (Å²) in [5.74, 6) is -0.597. The normalized spacial score (nSPS) is 10.1. The summed E-state index contributed by atoms with van der Waals surface area (Å²) < 4.78 is 6.29. The predicted molar refractivity (Wildman–Crippen MR) is 85.1 cm³/mol. The number of hydrogen-bond acceptors (Lipinski definition) is 4. The molecule has 0 radical (unpaired) electrons. The van der Waals surface area contributed by atoms with Gasteiger partial charge in [0.25, 0.3) is 0 Å². The van der Waals surface area contributed by atoms with E-state index in [0.717, 1.165) is 5.56 Å². The van der Waals surface area contributed by atoms with Gasteiger partial charge in [0.15, 0.2) is 5.69 Å². The van der Waals surface area contributed by atoms with Crippen LogP contribution in [0.4, 0.5) is 0 Å². The molecule has 5 heteroatoms. The van der Waals surface area contributed by atoms with E-state index < -0.39 is 5.97 Å². The van der Waals surface area contributed by atoms with Crippen molar-refractivity contribution >= 4 is 5.97 Å². The molecule has 3 rings (SSSR count). The summed E-state index contributed by atoms with van der Waals surface area (Å²) in [5, 5.41) is 14.0. The number of ether oxygens (including phenoxy) is 1. The minimum Gasteiger partial charge on any atom is -0.464 e. The van der Waals surface area contributed by atoms with Crippen LogP contribution in [0.2, 0.25) is 0 Å². The number of nitriles is 1. The molecular weight excluding hydrogens is 290 g/mol. The van der Waals surface area contributed by atoms with Crippen LogP contribution in [0.15, 0.2) is 60.7 Å². The summed E-state index contributed by atoms with van der Waals surface area (Å²) in [4.78, 5) is 12.2. The third-order valence-electron chi connectivity index (χ3n) is 3.42. The first-order valence-electron chi connectivity index (χ1n) is 6.98. The highest BCUT2D eigenvalue weighted by molar-refractivity contribution is 5.93. The number of aromatic nitrogens is 2. The third kappa shape index (κ3) is 2.58. The van der Waals surface area contributed by atoms with E-state index in [1.807, 2.05) is 60.7 Å². The molecule has 0 saturated heterocycles. The molecule has 0 atom stereocenters. The van der Waals surface area contributed by atoms with Gasteiger partial charge in [-0.25, -0.2) is 9.48 Å². The minimum absolute atomic E-state index is 0.125. The van der Waals surface area contributed by atoms with E-state index in [4.69, 9.17) is 4.74 Å². The molecule has 3 aromatic rings. The van der Waals surface area contributed by atoms with Gasteiger partial charge in [0.1, 0.15) is 17.3 Å². The highest BCUT2D eigenvalue weighted by Gasteiger charge is 2.25. The van der Waals surface area contributed by atoms with Gasteiger partial charge in [0.05, 0.1) is 12.8 Å². The van der Waals surface area contributed by atoms with Crippen LogP contribution in [0.5, 0.6) is 0 Å². The Morgan fingerprint density at radius 1 is 1.09 bits per heavy atom. The second kappa shape index (κ2) is 6.16. The van der Waals surface area contributed by atoms with Crippen molar-refractivity contribution < 1.29 is 9.53 Å². The summed E-state index contributed by atoms with van der Waals surface area (Å²) in [6, 6.07) is 20.5. The fourth-order valence-electron chi connectivity index (χ4n) is 2.36. The van der Waals surface area contributed by atoms with Crippen LogP contribution in [0.25, 0.3) is 16.9 Å². The van der Waals surface area contributed by atoms with Crippen LogP contribution in [-0.4, -0.2) is 22.9 Å². The van der Waals surface area contributed by atoms with Gasteiger partial charge in [-0.15, -0.1) is 0 Å². The Bertz CT molecular complexity index is 878. The lowest BCUT2D eigenvalue weighted by Crippen LogP contribution is -2.11. The molecule has 0 fully saturated rings. The van der Waals surface area contributed by atoms with Crippen LogP contribution < -0.4 is 0 Å². The van der Waals surface area contributed by atoms with Crippen molar-refractivity contribution in [2.75, 3.05) is 7.11 Å². The maximum absolute atomic E-state index is 12.2. The lowest BCUT2D eigenvalue weighted by atomic mass is 10.1. The first-order chi connectivity index (χ1) is 11.3. The molecule has 0 aliphatic carbocycles. The number of carbonyl (C=O) groups is 1. The first-order valence-corrected chi connectivity index (χ1v) is 6.98. The van der Waals surface area contributed by atoms with Crippen LogP contribution in [0, 0.1) is 11.3 Å². The Morgan fingerprint density at radius 2 is 1.70 bits per heavy atom. The molecule has 0 spiro atoms. The van der Waals surface area contributed by atoms with Crippen LogP contribution in [-0.2, 0) is 4.74 Å². The predicted octanol–water partition coefficient (Wildman–Crippen LogP) is 3.20. The maximum Gasteiger partial charge on any atom is 0.358 e. The number of nitrogens with zero attached hydrogens (tertiary/aromatic N) is 3. The molecule has 0 aliphatic heterocycles. The zero-order valence-electron chi connectivity index (χ0n) is 12.4. The lowest BCUT2D eigenvalue weighted by Gasteiger charge is -2.05. The molecule has 0 unspecified atom stereocenters. The quantitative estimate of drug-likeness (QED) is 0.697. The molecule has 5 nitrogen and oxygen atoms in total. The first kappa shape index (κ1) is 14.5. The Balaban J connectivity index is 2.30. The molecule has 23 heavy (non-hydrogen) atoms. The van der Waals surface area contributed by atoms with Gasteiger partial charge in [-0.3, -0.25) is 0 Å². The van der Waals surface area contributed by atoms with Crippen molar-refractivity contribution in [3.05, 3.63) is 71.9 Å². The zero-order chi connectivity index (χ0) is 16.2. The van der Waals surface area contributed by atoms with Crippen LogP contribution >= 0.6 is 0 Å². The van der Waals surface area contributed by atoms with E-state index in [-0.39, 0.29) is 11.3 Å². The molecular formula is C18H13N3O2. The van der Waals surface area contributed by atoms with Crippen molar-refractivity contribution in [2.45, 2.75) is 0 Å². The number of hydrogen-bond donors (Lipinski definition) is 0. The second-order valence-electron chi connectivity index (χ2n) is 4.79. The fourth-order valence-corrected chi connectivity index (χ4v) is 2.36. The molecule has 112 valence electrons. The summed E-state index contributed by atoms with van der Waals surface area (Å²) in [7, 11) is 1.29.